The molecule has 2 rings (SSSR count). The van der Waals surface area contributed by atoms with Crippen molar-refractivity contribution in [2.75, 3.05) is 26.3 Å². The van der Waals surface area contributed by atoms with Crippen molar-refractivity contribution < 1.29 is 19.4 Å². The largest absolute Gasteiger partial charge is 0.481 e. The third-order valence-corrected chi connectivity index (χ3v) is 3.43. The molecule has 2 aliphatic heterocycles. The molecule has 0 radical (unpaired) electrons. The predicted molar refractivity (Wildman–Crippen MR) is 64.2 cm³/mol. The van der Waals surface area contributed by atoms with E-state index in [0.717, 1.165) is 6.42 Å². The van der Waals surface area contributed by atoms with Crippen LogP contribution >= 0.6 is 0 Å². The summed E-state index contributed by atoms with van der Waals surface area (Å²) in [5.41, 5.74) is 1.28. The van der Waals surface area contributed by atoms with Gasteiger partial charge in [0.1, 0.15) is 5.92 Å². The van der Waals surface area contributed by atoms with Gasteiger partial charge in [-0.3, -0.25) is 4.79 Å². The van der Waals surface area contributed by atoms with E-state index in [1.54, 1.807) is 4.90 Å². The fourth-order valence-electron chi connectivity index (χ4n) is 2.14. The van der Waals surface area contributed by atoms with Crippen molar-refractivity contribution in [2.24, 2.45) is 5.92 Å². The molecule has 2 amide bonds. The van der Waals surface area contributed by atoms with Gasteiger partial charge in [0.15, 0.2) is 0 Å². The number of amides is 2. The zero-order valence-corrected chi connectivity index (χ0v) is 10.4. The maximum absolute atomic E-state index is 12.0. The van der Waals surface area contributed by atoms with Crippen molar-refractivity contribution in [1.29, 1.82) is 0 Å². The van der Waals surface area contributed by atoms with E-state index in [1.165, 1.54) is 5.57 Å². The number of carbonyl (C=O) groups excluding carboxylic acids is 1. The summed E-state index contributed by atoms with van der Waals surface area (Å²) in [6.07, 6.45) is 2.89. The molecular formula is C12H18N2O4. The average molecular weight is 254 g/mol. The maximum atomic E-state index is 12.0. The maximum Gasteiger partial charge on any atom is 0.318 e. The molecule has 6 heteroatoms. The first-order valence-electron chi connectivity index (χ1n) is 6.09. The van der Waals surface area contributed by atoms with Gasteiger partial charge in [-0.2, -0.15) is 0 Å². The van der Waals surface area contributed by atoms with Crippen molar-refractivity contribution in [3.63, 3.8) is 0 Å². The first-order chi connectivity index (χ1) is 8.58. The number of carboxylic acid groups (broad SMARTS) is 1. The standard InChI is InChI=1S/C12H18N2O4/c1-8-2-4-14(5-3-8)12(17)13-10-7-18-6-9(10)11(15)16/h2,9-10H,3-7H2,1H3,(H,13,17)(H,15,16). The average Bonchev–Trinajstić information content (AvgIpc) is 2.78. The first kappa shape index (κ1) is 12.9. The normalized spacial score (nSPS) is 27.8. The number of carbonyl (C=O) groups is 2. The number of rotatable bonds is 2. The first-order valence-corrected chi connectivity index (χ1v) is 6.09. The van der Waals surface area contributed by atoms with Gasteiger partial charge in [0, 0.05) is 13.1 Å². The Morgan fingerprint density at radius 3 is 2.89 bits per heavy atom. The number of ether oxygens (including phenoxy) is 1. The van der Waals surface area contributed by atoms with Crippen LogP contribution in [-0.2, 0) is 9.53 Å². The Balaban J connectivity index is 1.89. The van der Waals surface area contributed by atoms with Gasteiger partial charge in [-0.1, -0.05) is 11.6 Å². The van der Waals surface area contributed by atoms with Gasteiger partial charge < -0.3 is 20.1 Å². The molecular weight excluding hydrogens is 236 g/mol. The molecule has 6 nitrogen and oxygen atoms in total. The Morgan fingerprint density at radius 2 is 2.28 bits per heavy atom. The second-order valence-electron chi connectivity index (χ2n) is 4.78. The molecule has 2 unspecified atom stereocenters. The lowest BCUT2D eigenvalue weighted by Gasteiger charge is -2.27. The third kappa shape index (κ3) is 2.81. The lowest BCUT2D eigenvalue weighted by Crippen LogP contribution is -2.49. The van der Waals surface area contributed by atoms with Gasteiger partial charge in [-0.15, -0.1) is 0 Å². The van der Waals surface area contributed by atoms with Crippen LogP contribution in [0.25, 0.3) is 0 Å². The lowest BCUT2D eigenvalue weighted by atomic mass is 10.0. The van der Waals surface area contributed by atoms with Crippen molar-refractivity contribution in [1.82, 2.24) is 10.2 Å². The third-order valence-electron chi connectivity index (χ3n) is 3.43. The van der Waals surface area contributed by atoms with Crippen LogP contribution in [0.1, 0.15) is 13.3 Å². The molecule has 2 aliphatic rings. The molecule has 2 atom stereocenters. The van der Waals surface area contributed by atoms with E-state index in [9.17, 15) is 9.59 Å². The Labute approximate surface area is 106 Å². The number of nitrogens with one attached hydrogen (secondary N) is 1. The molecule has 2 N–H and O–H groups in total. The second-order valence-corrected chi connectivity index (χ2v) is 4.78. The van der Waals surface area contributed by atoms with E-state index in [1.807, 2.05) is 13.0 Å². The molecule has 1 saturated heterocycles. The van der Waals surface area contributed by atoms with E-state index < -0.39 is 17.9 Å². The van der Waals surface area contributed by atoms with Crippen LogP contribution in [0.2, 0.25) is 0 Å². The van der Waals surface area contributed by atoms with Crippen LogP contribution in [0.3, 0.4) is 0 Å². The molecule has 0 saturated carbocycles. The minimum atomic E-state index is -0.924. The van der Waals surface area contributed by atoms with Gasteiger partial charge in [-0.05, 0) is 13.3 Å². The van der Waals surface area contributed by atoms with Crippen LogP contribution in [0.15, 0.2) is 11.6 Å². The van der Waals surface area contributed by atoms with Crippen LogP contribution in [0.5, 0.6) is 0 Å². The van der Waals surface area contributed by atoms with Crippen molar-refractivity contribution in [3.8, 4) is 0 Å². The van der Waals surface area contributed by atoms with Crippen LogP contribution in [0, 0.1) is 5.92 Å². The highest BCUT2D eigenvalue weighted by molar-refractivity contribution is 5.77. The zero-order chi connectivity index (χ0) is 13.1. The number of urea groups is 1. The summed E-state index contributed by atoms with van der Waals surface area (Å²) in [5, 5.41) is 11.7. The fraction of sp³-hybridized carbons (Fsp3) is 0.667. The van der Waals surface area contributed by atoms with E-state index in [4.69, 9.17) is 9.84 Å². The van der Waals surface area contributed by atoms with Crippen LogP contribution in [0.4, 0.5) is 4.79 Å². The van der Waals surface area contributed by atoms with Crippen molar-refractivity contribution in [2.45, 2.75) is 19.4 Å². The predicted octanol–water partition coefficient (Wildman–Crippen LogP) is 0.448. The van der Waals surface area contributed by atoms with Crippen molar-refractivity contribution in [3.05, 3.63) is 11.6 Å². The molecule has 0 aromatic rings. The molecule has 0 spiro atoms. The molecule has 1 fully saturated rings. The molecule has 0 aromatic carbocycles. The molecule has 0 bridgehead atoms. The minimum absolute atomic E-state index is 0.166. The van der Waals surface area contributed by atoms with Crippen molar-refractivity contribution >= 4 is 12.0 Å². The Kier molecular flexibility index (Phi) is 3.86. The summed E-state index contributed by atoms with van der Waals surface area (Å²) >= 11 is 0. The topological polar surface area (TPSA) is 78.9 Å². The summed E-state index contributed by atoms with van der Waals surface area (Å²) in [7, 11) is 0. The minimum Gasteiger partial charge on any atom is -0.481 e. The van der Waals surface area contributed by atoms with Gasteiger partial charge in [-0.25, -0.2) is 4.79 Å². The molecule has 100 valence electrons. The number of hydrogen-bond donors (Lipinski definition) is 2. The molecule has 2 heterocycles. The second kappa shape index (κ2) is 5.39. The quantitative estimate of drug-likeness (QED) is 0.701. The number of hydrogen-bond acceptors (Lipinski definition) is 3. The summed E-state index contributed by atoms with van der Waals surface area (Å²) in [5.74, 6) is -1.57. The van der Waals surface area contributed by atoms with Gasteiger partial charge in [0.2, 0.25) is 0 Å². The lowest BCUT2D eigenvalue weighted by molar-refractivity contribution is -0.142. The molecule has 18 heavy (non-hydrogen) atoms. The van der Waals surface area contributed by atoms with Gasteiger partial charge >= 0.3 is 12.0 Å². The Bertz CT molecular complexity index is 380. The molecule has 0 aliphatic carbocycles. The van der Waals surface area contributed by atoms with E-state index in [2.05, 4.69) is 5.32 Å². The monoisotopic (exact) mass is 254 g/mol. The number of carboxylic acids is 1. The number of aliphatic carboxylic acids is 1. The van der Waals surface area contributed by atoms with E-state index in [-0.39, 0.29) is 19.2 Å². The highest BCUT2D eigenvalue weighted by Crippen LogP contribution is 2.15. The Morgan fingerprint density at radius 1 is 1.50 bits per heavy atom. The van der Waals surface area contributed by atoms with E-state index >= 15 is 0 Å². The van der Waals surface area contributed by atoms with Gasteiger partial charge in [0.25, 0.3) is 0 Å². The zero-order valence-electron chi connectivity index (χ0n) is 10.4. The summed E-state index contributed by atoms with van der Waals surface area (Å²) in [4.78, 5) is 24.6. The summed E-state index contributed by atoms with van der Waals surface area (Å²) in [6.45, 7) is 3.74. The Hall–Kier alpha value is -1.56. The smallest absolute Gasteiger partial charge is 0.318 e. The van der Waals surface area contributed by atoms with E-state index in [0.29, 0.717) is 13.1 Å². The fourth-order valence-corrected chi connectivity index (χ4v) is 2.14. The SMILES string of the molecule is CC1=CCN(C(=O)NC2COCC2C(=O)O)CC1. The summed E-state index contributed by atoms with van der Waals surface area (Å²) < 4.78 is 5.11. The summed E-state index contributed by atoms with van der Waals surface area (Å²) in [6, 6.07) is -0.637. The highest BCUT2D eigenvalue weighted by Gasteiger charge is 2.35. The number of nitrogens with zero attached hydrogens (tertiary/aromatic N) is 1. The molecule has 0 aromatic heterocycles. The van der Waals surface area contributed by atoms with Crippen LogP contribution < -0.4 is 5.32 Å². The van der Waals surface area contributed by atoms with Gasteiger partial charge in [0.05, 0.1) is 19.3 Å². The van der Waals surface area contributed by atoms with Crippen LogP contribution in [-0.4, -0.2) is 54.4 Å². The highest BCUT2D eigenvalue weighted by atomic mass is 16.5.